The van der Waals surface area contributed by atoms with Gasteiger partial charge in [-0.15, -0.1) is 0 Å². The molecule has 0 saturated heterocycles. The van der Waals surface area contributed by atoms with Crippen LogP contribution in [0.3, 0.4) is 0 Å². The molecular formula is C44H89. The van der Waals surface area contributed by atoms with Crippen LogP contribution in [0.25, 0.3) is 0 Å². The minimum atomic E-state index is 0.715. The van der Waals surface area contributed by atoms with Crippen molar-refractivity contribution in [2.24, 2.45) is 5.92 Å². The van der Waals surface area contributed by atoms with Crippen molar-refractivity contribution < 1.29 is 0 Å². The van der Waals surface area contributed by atoms with Gasteiger partial charge < -0.3 is 0 Å². The van der Waals surface area contributed by atoms with Crippen LogP contribution in [-0.4, -0.2) is 0 Å². The molecule has 0 amide bonds. The zero-order valence-electron chi connectivity index (χ0n) is 31.6. The zero-order valence-corrected chi connectivity index (χ0v) is 31.6. The molecule has 0 aliphatic carbocycles. The van der Waals surface area contributed by atoms with Crippen LogP contribution < -0.4 is 0 Å². The second-order valence-electron chi connectivity index (χ2n) is 15.2. The SMILES string of the molecule is [CH2]C(CCCCCCCCCCCCCCCC)CCCCCCCCCCCCCCCCCCCCCCCCCC. The van der Waals surface area contributed by atoms with Crippen molar-refractivity contribution in [2.75, 3.05) is 0 Å². The predicted molar refractivity (Wildman–Crippen MR) is 205 cm³/mol. The van der Waals surface area contributed by atoms with Gasteiger partial charge >= 0.3 is 0 Å². The van der Waals surface area contributed by atoms with Gasteiger partial charge in [0.1, 0.15) is 0 Å². The summed E-state index contributed by atoms with van der Waals surface area (Å²) >= 11 is 0. The van der Waals surface area contributed by atoms with Gasteiger partial charge in [-0.25, -0.2) is 0 Å². The maximum Gasteiger partial charge on any atom is -0.0414 e. The van der Waals surface area contributed by atoms with Crippen LogP contribution >= 0.6 is 0 Å². The Morgan fingerprint density at radius 3 is 0.523 bits per heavy atom. The van der Waals surface area contributed by atoms with E-state index in [1.807, 2.05) is 0 Å². The summed E-state index contributed by atoms with van der Waals surface area (Å²) in [6, 6.07) is 0. The Balaban J connectivity index is 3.13. The van der Waals surface area contributed by atoms with Gasteiger partial charge in [0.05, 0.1) is 0 Å². The highest BCUT2D eigenvalue weighted by atomic mass is 14.1. The van der Waals surface area contributed by atoms with Crippen molar-refractivity contribution in [3.8, 4) is 0 Å². The standard InChI is InChI=1S/C44H89/c1-4-6-8-10-12-14-16-18-20-21-22-23-24-25-26-27-28-29-31-33-35-37-39-41-43-44(3)42-40-38-36-34-32-30-19-17-15-13-11-9-7-5-2/h44H,3-43H2,1-2H3. The third-order valence-electron chi connectivity index (χ3n) is 10.4. The van der Waals surface area contributed by atoms with E-state index in [1.54, 1.807) is 0 Å². The van der Waals surface area contributed by atoms with Crippen molar-refractivity contribution >= 4 is 0 Å². The molecule has 265 valence electrons. The highest BCUT2D eigenvalue weighted by molar-refractivity contribution is 4.62. The van der Waals surface area contributed by atoms with Crippen molar-refractivity contribution in [3.05, 3.63) is 6.92 Å². The summed E-state index contributed by atoms with van der Waals surface area (Å²) in [4.78, 5) is 0. The van der Waals surface area contributed by atoms with E-state index in [4.69, 9.17) is 0 Å². The van der Waals surface area contributed by atoms with Gasteiger partial charge in [-0.3, -0.25) is 0 Å². The topological polar surface area (TPSA) is 0 Å². The first kappa shape index (κ1) is 44.0. The van der Waals surface area contributed by atoms with Crippen LogP contribution in [0.2, 0.25) is 0 Å². The molecule has 1 atom stereocenters. The summed E-state index contributed by atoms with van der Waals surface area (Å²) in [5, 5.41) is 0. The molecule has 1 unspecified atom stereocenters. The lowest BCUT2D eigenvalue weighted by atomic mass is 9.95. The number of hydrogen-bond acceptors (Lipinski definition) is 0. The summed E-state index contributed by atoms with van der Waals surface area (Å²) < 4.78 is 0. The normalized spacial score (nSPS) is 12.3. The molecule has 0 aromatic carbocycles. The maximum absolute atomic E-state index is 4.47. The molecule has 0 nitrogen and oxygen atoms in total. The lowest BCUT2D eigenvalue weighted by Crippen LogP contribution is -1.95. The summed E-state index contributed by atoms with van der Waals surface area (Å²) in [5.41, 5.74) is 0. The number of rotatable bonds is 40. The monoisotopic (exact) mass is 618 g/mol. The van der Waals surface area contributed by atoms with Crippen molar-refractivity contribution in [1.29, 1.82) is 0 Å². The lowest BCUT2D eigenvalue weighted by Gasteiger charge is -2.11. The van der Waals surface area contributed by atoms with E-state index >= 15 is 0 Å². The molecule has 0 aromatic rings. The fourth-order valence-electron chi connectivity index (χ4n) is 7.17. The van der Waals surface area contributed by atoms with Crippen molar-refractivity contribution in [1.82, 2.24) is 0 Å². The summed E-state index contributed by atoms with van der Waals surface area (Å²) in [6.07, 6.45) is 58.5. The first-order chi connectivity index (χ1) is 21.8. The Hall–Kier alpha value is 0. The molecule has 0 aliphatic rings. The molecule has 0 heterocycles. The largest absolute Gasteiger partial charge is 0.0654 e. The van der Waals surface area contributed by atoms with E-state index in [1.165, 1.54) is 257 Å². The molecule has 0 aromatic heterocycles. The molecule has 1 radical (unpaired) electrons. The predicted octanol–water partition coefficient (Wildman–Crippen LogP) is 17.1. The highest BCUT2D eigenvalue weighted by Crippen LogP contribution is 2.20. The summed E-state index contributed by atoms with van der Waals surface area (Å²) in [7, 11) is 0. The molecule has 0 fully saturated rings. The van der Waals surface area contributed by atoms with E-state index in [-0.39, 0.29) is 0 Å². The number of hydrogen-bond donors (Lipinski definition) is 0. The third-order valence-corrected chi connectivity index (χ3v) is 10.4. The molecule has 0 spiro atoms. The average Bonchev–Trinajstić information content (AvgIpc) is 3.03. The van der Waals surface area contributed by atoms with Crippen LogP contribution in [-0.2, 0) is 0 Å². The smallest absolute Gasteiger partial charge is 0.0414 e. The fourth-order valence-corrected chi connectivity index (χ4v) is 7.17. The van der Waals surface area contributed by atoms with Gasteiger partial charge in [-0.2, -0.15) is 0 Å². The second-order valence-corrected chi connectivity index (χ2v) is 15.2. The van der Waals surface area contributed by atoms with Crippen LogP contribution in [0.1, 0.15) is 271 Å². The van der Waals surface area contributed by atoms with Gasteiger partial charge in [0, 0.05) is 0 Å². The van der Waals surface area contributed by atoms with Crippen LogP contribution in [0.4, 0.5) is 0 Å². The molecular weight excluding hydrogens is 528 g/mol. The Labute approximate surface area is 282 Å². The molecule has 0 rings (SSSR count). The Bertz CT molecular complexity index is 467. The van der Waals surface area contributed by atoms with Crippen LogP contribution in [0.15, 0.2) is 0 Å². The second kappa shape index (κ2) is 41.0. The summed E-state index contributed by atoms with van der Waals surface area (Å²) in [6.45, 7) is 9.08. The van der Waals surface area contributed by atoms with E-state index in [2.05, 4.69) is 20.8 Å². The summed E-state index contributed by atoms with van der Waals surface area (Å²) in [5.74, 6) is 0.715. The maximum atomic E-state index is 4.47. The fraction of sp³-hybridized carbons (Fsp3) is 0.977. The van der Waals surface area contributed by atoms with Gasteiger partial charge in [-0.05, 0) is 5.92 Å². The molecule has 44 heavy (non-hydrogen) atoms. The minimum Gasteiger partial charge on any atom is -0.0654 e. The highest BCUT2D eigenvalue weighted by Gasteiger charge is 2.03. The molecule has 0 N–H and O–H groups in total. The molecule has 0 aliphatic heterocycles. The lowest BCUT2D eigenvalue weighted by molar-refractivity contribution is 0.459. The van der Waals surface area contributed by atoms with Crippen LogP contribution in [0.5, 0.6) is 0 Å². The first-order valence-electron chi connectivity index (χ1n) is 21.6. The van der Waals surface area contributed by atoms with E-state index in [0.29, 0.717) is 5.92 Å². The van der Waals surface area contributed by atoms with Crippen molar-refractivity contribution in [3.63, 3.8) is 0 Å². The average molecular weight is 618 g/mol. The van der Waals surface area contributed by atoms with E-state index in [9.17, 15) is 0 Å². The van der Waals surface area contributed by atoms with Crippen molar-refractivity contribution in [2.45, 2.75) is 271 Å². The Kier molecular flexibility index (Phi) is 41.0. The molecule has 0 saturated carbocycles. The van der Waals surface area contributed by atoms with Gasteiger partial charge in [0.2, 0.25) is 0 Å². The van der Waals surface area contributed by atoms with E-state index in [0.717, 1.165) is 0 Å². The van der Waals surface area contributed by atoms with E-state index < -0.39 is 0 Å². The molecule has 0 bridgehead atoms. The minimum absolute atomic E-state index is 0.715. The quantitative estimate of drug-likeness (QED) is 0.0600. The van der Waals surface area contributed by atoms with Crippen LogP contribution in [0, 0.1) is 12.8 Å². The zero-order chi connectivity index (χ0) is 31.9. The third kappa shape index (κ3) is 40.0. The molecule has 0 heteroatoms. The van der Waals surface area contributed by atoms with Gasteiger partial charge in [-0.1, -0.05) is 278 Å². The Morgan fingerprint density at radius 1 is 0.227 bits per heavy atom. The Morgan fingerprint density at radius 2 is 0.364 bits per heavy atom. The van der Waals surface area contributed by atoms with Gasteiger partial charge in [0.15, 0.2) is 0 Å². The van der Waals surface area contributed by atoms with Gasteiger partial charge in [0.25, 0.3) is 0 Å². The first-order valence-corrected chi connectivity index (χ1v) is 21.6. The number of unbranched alkanes of at least 4 members (excludes halogenated alkanes) is 36.